The number of carboxylic acids is 1. The van der Waals surface area contributed by atoms with Gasteiger partial charge in [-0.1, -0.05) is 65.8 Å². The van der Waals surface area contributed by atoms with Gasteiger partial charge >= 0.3 is 14.1 Å². The molecule has 32 heavy (non-hydrogen) atoms. The second kappa shape index (κ2) is 12.4. The molecule has 0 radical (unpaired) electrons. The molecule has 2 aromatic rings. The van der Waals surface area contributed by atoms with Crippen LogP contribution in [0, 0.1) is 0 Å². The highest BCUT2D eigenvalue weighted by Gasteiger charge is 2.35. The molecular formula is C24H30N2O5P+. The van der Waals surface area contributed by atoms with Crippen LogP contribution in [0.1, 0.15) is 49.3 Å². The summed E-state index contributed by atoms with van der Waals surface area (Å²) in [5.74, 6) is -1.38. The first-order valence-electron chi connectivity index (χ1n) is 11.0. The number of nitrogens with zero attached hydrogens (tertiary/aromatic N) is 1. The molecule has 0 spiro atoms. The number of benzene rings is 2. The molecule has 0 aromatic heterocycles. The number of nitrogens with one attached hydrogen (secondary N) is 1. The van der Waals surface area contributed by atoms with E-state index >= 15 is 0 Å². The quantitative estimate of drug-likeness (QED) is 0.360. The molecule has 1 aliphatic heterocycles. The van der Waals surface area contributed by atoms with Crippen molar-refractivity contribution in [3.63, 3.8) is 0 Å². The van der Waals surface area contributed by atoms with E-state index in [1.54, 1.807) is 0 Å². The molecule has 1 aliphatic rings. The number of carbonyl (C=O) groups is 2. The van der Waals surface area contributed by atoms with Gasteiger partial charge in [-0.2, -0.15) is 0 Å². The van der Waals surface area contributed by atoms with E-state index < -0.39 is 20.2 Å². The van der Waals surface area contributed by atoms with Gasteiger partial charge in [0, 0.05) is 6.54 Å². The standard InChI is InChI=1S/C24H29N2O5P/c27-23(26-17-9-15-21(26)24(28)29)18-25-32(30)31-22(20-13-5-2-6-14-20)16-8-7-12-19-10-3-1-4-11-19/h1-6,10-11,13-14,21-22H,7-9,12,15-18H2,(H-,25,28,29,30)/p+1/t21-,22?/m0/s1. The van der Waals surface area contributed by atoms with Crippen molar-refractivity contribution in [1.82, 2.24) is 9.99 Å². The molecule has 1 saturated heterocycles. The number of unbranched alkanes of at least 4 members (excludes halogenated alkanes) is 1. The summed E-state index contributed by atoms with van der Waals surface area (Å²) >= 11 is 0. The smallest absolute Gasteiger partial charge is 0.480 e. The van der Waals surface area contributed by atoms with Gasteiger partial charge in [0.1, 0.15) is 18.7 Å². The summed E-state index contributed by atoms with van der Waals surface area (Å²) in [5, 5.41) is 11.9. The van der Waals surface area contributed by atoms with Crippen LogP contribution in [0.5, 0.6) is 0 Å². The van der Waals surface area contributed by atoms with Gasteiger partial charge in [-0.25, -0.2) is 4.79 Å². The van der Waals surface area contributed by atoms with Gasteiger partial charge < -0.3 is 10.0 Å². The van der Waals surface area contributed by atoms with Gasteiger partial charge in [0.2, 0.25) is 5.91 Å². The van der Waals surface area contributed by atoms with Crippen molar-refractivity contribution >= 4 is 20.1 Å². The number of aryl methyl sites for hydroxylation is 1. The Morgan fingerprint density at radius 3 is 2.47 bits per heavy atom. The summed E-state index contributed by atoms with van der Waals surface area (Å²) in [6.45, 7) is 0.192. The van der Waals surface area contributed by atoms with Gasteiger partial charge in [0.25, 0.3) is 0 Å². The molecule has 1 amide bonds. The maximum Gasteiger partial charge on any atom is 0.614 e. The Labute approximate surface area is 189 Å². The largest absolute Gasteiger partial charge is 0.614 e. The third-order valence-electron chi connectivity index (χ3n) is 5.64. The number of carboxylic acid groups (broad SMARTS) is 1. The second-order valence-electron chi connectivity index (χ2n) is 7.91. The fourth-order valence-electron chi connectivity index (χ4n) is 3.96. The van der Waals surface area contributed by atoms with Crippen LogP contribution in [0.25, 0.3) is 0 Å². The molecule has 3 atom stereocenters. The number of carbonyl (C=O) groups excluding carboxylic acids is 1. The Morgan fingerprint density at radius 2 is 1.78 bits per heavy atom. The van der Waals surface area contributed by atoms with E-state index in [0.717, 1.165) is 24.8 Å². The monoisotopic (exact) mass is 457 g/mol. The van der Waals surface area contributed by atoms with Gasteiger partial charge in [-0.3, -0.25) is 4.79 Å². The molecule has 1 heterocycles. The molecule has 8 heteroatoms. The van der Waals surface area contributed by atoms with Crippen LogP contribution >= 0.6 is 8.18 Å². The van der Waals surface area contributed by atoms with E-state index in [2.05, 4.69) is 17.2 Å². The number of hydrogen-bond donors (Lipinski definition) is 2. The summed E-state index contributed by atoms with van der Waals surface area (Å²) in [5.41, 5.74) is 2.23. The zero-order valence-electron chi connectivity index (χ0n) is 18.1. The highest BCUT2D eigenvalue weighted by molar-refractivity contribution is 7.36. The van der Waals surface area contributed by atoms with E-state index in [1.807, 2.05) is 48.5 Å². The maximum atomic E-state index is 12.5. The Morgan fingerprint density at radius 1 is 1.09 bits per heavy atom. The molecule has 7 nitrogen and oxygen atoms in total. The van der Waals surface area contributed by atoms with Gasteiger partial charge in [-0.15, -0.1) is 4.52 Å². The SMILES string of the molecule is O=C(O)[C@@H]1CCCN1C(=O)CN[P+](=O)OC(CCCCc1ccccc1)c1ccccc1. The minimum Gasteiger partial charge on any atom is -0.480 e. The summed E-state index contributed by atoms with van der Waals surface area (Å²) in [6.07, 6.45) is 4.34. The van der Waals surface area contributed by atoms with Crippen molar-refractivity contribution in [1.29, 1.82) is 0 Å². The third-order valence-corrected chi connectivity index (χ3v) is 6.50. The van der Waals surface area contributed by atoms with Crippen molar-refractivity contribution in [2.45, 2.75) is 50.7 Å². The summed E-state index contributed by atoms with van der Waals surface area (Å²) in [7, 11) is -2.28. The maximum absolute atomic E-state index is 12.5. The predicted octanol–water partition coefficient (Wildman–Crippen LogP) is 4.48. The molecule has 1 fully saturated rings. The number of hydrogen-bond acceptors (Lipinski definition) is 4. The molecule has 2 unspecified atom stereocenters. The molecule has 3 rings (SSSR count). The summed E-state index contributed by atoms with van der Waals surface area (Å²) < 4.78 is 18.3. The average molecular weight is 457 g/mol. The first kappa shape index (κ1) is 24.1. The van der Waals surface area contributed by atoms with E-state index in [1.165, 1.54) is 10.5 Å². The van der Waals surface area contributed by atoms with Crippen LogP contribution in [-0.4, -0.2) is 41.0 Å². The van der Waals surface area contributed by atoms with Crippen LogP contribution in [-0.2, 0) is 25.1 Å². The van der Waals surface area contributed by atoms with E-state index in [-0.39, 0.29) is 18.6 Å². The number of aliphatic carboxylic acids is 1. The Hall–Kier alpha value is -2.60. The average Bonchev–Trinajstić information content (AvgIpc) is 3.31. The van der Waals surface area contributed by atoms with E-state index in [9.17, 15) is 19.3 Å². The minimum atomic E-state index is -2.28. The normalized spacial score (nSPS) is 17.2. The van der Waals surface area contributed by atoms with Crippen molar-refractivity contribution in [2.75, 3.05) is 13.1 Å². The van der Waals surface area contributed by atoms with Crippen molar-refractivity contribution in [3.8, 4) is 0 Å². The Balaban J connectivity index is 1.49. The highest BCUT2D eigenvalue weighted by Crippen LogP contribution is 2.33. The van der Waals surface area contributed by atoms with Crippen LogP contribution in [0.15, 0.2) is 60.7 Å². The lowest BCUT2D eigenvalue weighted by Gasteiger charge is -2.20. The minimum absolute atomic E-state index is 0.214. The lowest BCUT2D eigenvalue weighted by atomic mass is 10.0. The van der Waals surface area contributed by atoms with E-state index in [4.69, 9.17) is 4.52 Å². The first-order valence-corrected chi connectivity index (χ1v) is 12.2. The zero-order chi connectivity index (χ0) is 22.8. The van der Waals surface area contributed by atoms with Crippen LogP contribution in [0.3, 0.4) is 0 Å². The molecule has 2 aromatic carbocycles. The van der Waals surface area contributed by atoms with Gasteiger partial charge in [-0.05, 0) is 54.2 Å². The van der Waals surface area contributed by atoms with Gasteiger partial charge in [0.15, 0.2) is 0 Å². The van der Waals surface area contributed by atoms with Crippen molar-refractivity contribution in [3.05, 3.63) is 71.8 Å². The highest BCUT2D eigenvalue weighted by atomic mass is 31.1. The van der Waals surface area contributed by atoms with Crippen LogP contribution in [0.4, 0.5) is 0 Å². The molecular weight excluding hydrogens is 427 g/mol. The Kier molecular flexibility index (Phi) is 9.35. The van der Waals surface area contributed by atoms with E-state index in [0.29, 0.717) is 25.8 Å². The van der Waals surface area contributed by atoms with Crippen LogP contribution < -0.4 is 5.09 Å². The molecule has 0 saturated carbocycles. The van der Waals surface area contributed by atoms with Crippen LogP contribution in [0.2, 0.25) is 0 Å². The molecule has 0 aliphatic carbocycles. The first-order chi connectivity index (χ1) is 15.5. The summed E-state index contributed by atoms with van der Waals surface area (Å²) in [6, 6.07) is 19.1. The zero-order valence-corrected chi connectivity index (χ0v) is 19.0. The van der Waals surface area contributed by atoms with Crippen molar-refractivity contribution < 1.29 is 23.8 Å². The Bertz CT molecular complexity index is 894. The second-order valence-corrected chi connectivity index (χ2v) is 8.95. The predicted molar refractivity (Wildman–Crippen MR) is 122 cm³/mol. The molecule has 170 valence electrons. The number of rotatable bonds is 12. The van der Waals surface area contributed by atoms with Gasteiger partial charge in [0.05, 0.1) is 0 Å². The fraction of sp³-hybridized carbons (Fsp3) is 0.417. The fourth-order valence-corrected chi connectivity index (χ4v) is 4.76. The van der Waals surface area contributed by atoms with Crippen molar-refractivity contribution in [2.24, 2.45) is 0 Å². The number of amides is 1. The third kappa shape index (κ3) is 7.23. The molecule has 0 bridgehead atoms. The lowest BCUT2D eigenvalue weighted by Crippen LogP contribution is -2.43. The molecule has 2 N–H and O–H groups in total. The topological polar surface area (TPSA) is 95.9 Å². The lowest BCUT2D eigenvalue weighted by molar-refractivity contribution is -0.147. The number of likely N-dealkylation sites (tertiary alicyclic amines) is 1. The summed E-state index contributed by atoms with van der Waals surface area (Å²) in [4.78, 5) is 25.0.